The third kappa shape index (κ3) is 6.21. The fourth-order valence-electron chi connectivity index (χ4n) is 1.93. The summed E-state index contributed by atoms with van der Waals surface area (Å²) in [6.45, 7) is 3.53. The average molecular weight is 310 g/mol. The lowest BCUT2D eigenvalue weighted by molar-refractivity contribution is 0.317. The van der Waals surface area contributed by atoms with Crippen LogP contribution in [0.1, 0.15) is 25.0 Å². The largest absolute Gasteiger partial charge is 0.408 e. The fraction of sp³-hybridized carbons (Fsp3) is 0.455. The highest BCUT2D eigenvalue weighted by Gasteiger charge is 2.40. The Kier molecular flexibility index (Phi) is 5.05. The lowest BCUT2D eigenvalue weighted by Gasteiger charge is -2.24. The summed E-state index contributed by atoms with van der Waals surface area (Å²) in [5.74, 6) is 0. The third-order valence-corrected chi connectivity index (χ3v) is 4.74. The minimum Gasteiger partial charge on any atom is -0.193 e. The van der Waals surface area contributed by atoms with Gasteiger partial charge in [0.2, 0.25) is 0 Å². The normalized spacial score (nSPS) is 13.7. The summed E-state index contributed by atoms with van der Waals surface area (Å²) in [4.78, 5) is 54.4. The van der Waals surface area contributed by atoms with Crippen molar-refractivity contribution in [1.82, 2.24) is 0 Å². The first-order valence-electron chi connectivity index (χ1n) is 5.61. The van der Waals surface area contributed by atoms with Gasteiger partial charge in [0.1, 0.15) is 6.16 Å². The molecular weight excluding hydrogens is 290 g/mol. The van der Waals surface area contributed by atoms with Crippen LogP contribution in [0.15, 0.2) is 24.3 Å². The molecule has 0 unspecified atom stereocenters. The molecule has 1 aromatic rings. The number of hydrogen-bond donors (Lipinski definition) is 6. The van der Waals surface area contributed by atoms with Gasteiger partial charge in [-0.15, -0.1) is 0 Å². The Morgan fingerprint density at radius 2 is 1.32 bits per heavy atom. The van der Waals surface area contributed by atoms with Gasteiger partial charge in [-0.05, 0) is 11.1 Å². The molecule has 0 spiro atoms. The molecule has 0 saturated heterocycles. The predicted molar refractivity (Wildman–Crippen MR) is 75.2 cm³/mol. The van der Waals surface area contributed by atoms with Gasteiger partial charge in [-0.2, -0.15) is 29.4 Å². The number of hydrogen-bond acceptors (Lipinski definition) is 6. The van der Waals surface area contributed by atoms with Crippen LogP contribution in [0.2, 0.25) is 0 Å². The Hall–Kier alpha value is -0.160. The second-order valence-electron chi connectivity index (χ2n) is 5.28. The highest BCUT2D eigenvalue weighted by atomic mass is 31.2. The van der Waals surface area contributed by atoms with Crippen molar-refractivity contribution in [3.63, 3.8) is 0 Å². The van der Waals surface area contributed by atoms with E-state index in [1.165, 1.54) is 0 Å². The molecule has 0 amide bonds. The summed E-state index contributed by atoms with van der Waals surface area (Å²) in [6, 6.07) is 6.64. The molecule has 0 aliphatic heterocycles. The molecule has 0 saturated carbocycles. The van der Waals surface area contributed by atoms with Crippen LogP contribution in [0.5, 0.6) is 0 Å². The van der Waals surface area contributed by atoms with Crippen molar-refractivity contribution in [2.24, 2.45) is 0 Å². The van der Waals surface area contributed by atoms with E-state index in [1.807, 2.05) is 0 Å². The maximum Gasteiger partial charge on any atom is 0.408 e. The van der Waals surface area contributed by atoms with Crippen LogP contribution in [0.4, 0.5) is 0 Å². The summed E-state index contributed by atoms with van der Waals surface area (Å²) in [7, 11) is -7.70. The lowest BCUT2D eigenvalue weighted by atomic mass is 9.86. The van der Waals surface area contributed by atoms with Crippen LogP contribution < -0.4 is 0 Å². The van der Waals surface area contributed by atoms with Crippen LogP contribution in [0.3, 0.4) is 0 Å². The van der Waals surface area contributed by atoms with E-state index in [4.69, 9.17) is 29.4 Å². The van der Waals surface area contributed by atoms with Gasteiger partial charge in [-0.3, -0.25) is 0 Å². The molecule has 0 atom stereocenters. The fourth-order valence-corrected chi connectivity index (χ4v) is 3.87. The quantitative estimate of drug-likeness (QED) is 0.450. The van der Waals surface area contributed by atoms with Crippen LogP contribution in [0, 0.1) is 0 Å². The highest BCUT2D eigenvalue weighted by Crippen LogP contribution is 2.51. The van der Waals surface area contributed by atoms with Crippen molar-refractivity contribution in [2.75, 3.05) is 6.16 Å². The zero-order valence-corrected chi connectivity index (χ0v) is 12.6. The topological polar surface area (TPSA) is 121 Å². The molecule has 19 heavy (non-hydrogen) atoms. The predicted octanol–water partition coefficient (Wildman–Crippen LogP) is 0.943. The van der Waals surface area contributed by atoms with E-state index in [0.717, 1.165) is 5.56 Å². The van der Waals surface area contributed by atoms with E-state index in [0.29, 0.717) is 5.56 Å². The van der Waals surface area contributed by atoms with Gasteiger partial charge in [0.05, 0.1) is 0 Å². The first-order valence-corrected chi connectivity index (χ1v) is 9.28. The minimum atomic E-state index is -3.86. The van der Waals surface area contributed by atoms with Gasteiger partial charge in [0.25, 0.3) is 0 Å². The van der Waals surface area contributed by atoms with Crippen molar-refractivity contribution in [2.45, 2.75) is 25.4 Å². The van der Waals surface area contributed by atoms with E-state index in [9.17, 15) is 0 Å². The average Bonchev–Trinajstić information content (AvgIpc) is 2.11. The van der Waals surface area contributed by atoms with Crippen molar-refractivity contribution in [1.29, 1.82) is 0 Å². The van der Waals surface area contributed by atoms with Gasteiger partial charge in [-0.1, -0.05) is 38.1 Å². The first kappa shape index (κ1) is 16.9. The zero-order chi connectivity index (χ0) is 14.9. The highest BCUT2D eigenvalue weighted by molar-refractivity contribution is 7.58. The molecule has 0 heterocycles. The molecule has 0 aliphatic rings. The van der Waals surface area contributed by atoms with Gasteiger partial charge < -0.3 is 0 Å². The maximum atomic E-state index is 9.15. The zero-order valence-electron chi connectivity index (χ0n) is 10.8. The molecule has 1 aromatic carbocycles. The Bertz CT molecular complexity index is 418. The molecular formula is C11H20O6P2+2. The van der Waals surface area contributed by atoms with Crippen molar-refractivity contribution in [3.05, 3.63) is 35.4 Å². The van der Waals surface area contributed by atoms with Crippen LogP contribution >= 0.6 is 15.9 Å². The number of rotatable bonds is 5. The third-order valence-electron chi connectivity index (χ3n) is 2.74. The Balaban J connectivity index is 2.86. The smallest absolute Gasteiger partial charge is 0.193 e. The first-order chi connectivity index (χ1) is 8.39. The monoisotopic (exact) mass is 310 g/mol. The van der Waals surface area contributed by atoms with E-state index < -0.39 is 21.3 Å². The van der Waals surface area contributed by atoms with Crippen LogP contribution in [-0.4, -0.2) is 35.5 Å². The number of benzene rings is 1. The van der Waals surface area contributed by atoms with Crippen molar-refractivity contribution in [3.8, 4) is 0 Å². The summed E-state index contributed by atoms with van der Waals surface area (Å²) in [5, 5.41) is 0. The molecule has 1 rings (SSSR count). The molecule has 108 valence electrons. The van der Waals surface area contributed by atoms with Gasteiger partial charge in [0.15, 0.2) is 6.16 Å². The van der Waals surface area contributed by atoms with E-state index >= 15 is 0 Å². The van der Waals surface area contributed by atoms with Crippen LogP contribution in [0.25, 0.3) is 0 Å². The maximum absolute atomic E-state index is 9.15. The standard InChI is InChI=1S/C11H20O6P2/c1-11(2,8-19(15,16)17)10-5-3-9(4-6-10)7-18(12,13)14/h3-6,12-17H,7-8H2,1-2H3/q+2. The minimum absolute atomic E-state index is 0.156. The summed E-state index contributed by atoms with van der Waals surface area (Å²) in [5.41, 5.74) is 0.711. The summed E-state index contributed by atoms with van der Waals surface area (Å²) >= 11 is 0. The van der Waals surface area contributed by atoms with Gasteiger partial charge >= 0.3 is 15.9 Å². The van der Waals surface area contributed by atoms with Gasteiger partial charge in [-0.25, -0.2) is 0 Å². The van der Waals surface area contributed by atoms with E-state index in [2.05, 4.69) is 0 Å². The van der Waals surface area contributed by atoms with Crippen molar-refractivity contribution < 1.29 is 29.4 Å². The molecule has 0 aromatic heterocycles. The Morgan fingerprint density at radius 3 is 1.68 bits per heavy atom. The summed E-state index contributed by atoms with van der Waals surface area (Å²) in [6.07, 6.45) is -0.374. The Labute approximate surface area is 113 Å². The lowest BCUT2D eigenvalue weighted by Crippen LogP contribution is -2.24. The van der Waals surface area contributed by atoms with E-state index in [-0.39, 0.29) is 12.3 Å². The Morgan fingerprint density at radius 1 is 0.842 bits per heavy atom. The van der Waals surface area contributed by atoms with Crippen LogP contribution in [-0.2, 0) is 11.6 Å². The second-order valence-corrected chi connectivity index (χ2v) is 8.69. The molecule has 6 N–H and O–H groups in total. The molecule has 6 nitrogen and oxygen atoms in total. The molecule has 0 aliphatic carbocycles. The molecule has 0 radical (unpaired) electrons. The molecule has 8 heteroatoms. The molecule has 0 bridgehead atoms. The second kappa shape index (κ2) is 5.68. The van der Waals surface area contributed by atoms with Crippen molar-refractivity contribution >= 4 is 15.9 Å². The molecule has 0 fully saturated rings. The SMILES string of the molecule is CC(C)(C[P+](O)(O)O)c1ccc(C[P+](O)(O)O)cc1. The van der Waals surface area contributed by atoms with Gasteiger partial charge in [0, 0.05) is 5.41 Å². The van der Waals surface area contributed by atoms with E-state index in [1.54, 1.807) is 38.1 Å². The summed E-state index contributed by atoms with van der Waals surface area (Å²) < 4.78 is 0.